The van der Waals surface area contributed by atoms with Crippen LogP contribution in [-0.4, -0.2) is 35.4 Å². The standard InChI is InChI=1S/C26H20ClFN2O6S/c27-26(25(33)34)15-17(16-4-2-1-3-5-16)6-12-21(26)24(32)29-19-9-13-23(31)22(14-19)30-37(35,36)20-10-7-18(28)8-11-20/h1-14,30-31H,15H2,(H,29,32)(H,33,34). The Kier molecular flexibility index (Phi) is 7.06. The highest BCUT2D eigenvalue weighted by Gasteiger charge is 2.45. The monoisotopic (exact) mass is 542 g/mol. The van der Waals surface area contributed by atoms with Crippen LogP contribution >= 0.6 is 11.6 Å². The molecule has 1 atom stereocenters. The van der Waals surface area contributed by atoms with E-state index < -0.39 is 38.3 Å². The molecule has 0 aliphatic heterocycles. The van der Waals surface area contributed by atoms with Gasteiger partial charge in [0.15, 0.2) is 4.87 Å². The van der Waals surface area contributed by atoms with Crippen molar-refractivity contribution in [3.63, 3.8) is 0 Å². The number of phenols is 1. The fourth-order valence-corrected chi connectivity index (χ4v) is 5.10. The Morgan fingerprint density at radius 2 is 1.65 bits per heavy atom. The van der Waals surface area contributed by atoms with Crippen LogP contribution in [0.25, 0.3) is 5.57 Å². The lowest BCUT2D eigenvalue weighted by atomic mass is 9.83. The Hall–Kier alpha value is -4.15. The number of nitrogens with one attached hydrogen (secondary N) is 2. The van der Waals surface area contributed by atoms with Crippen LogP contribution in [0.3, 0.4) is 0 Å². The van der Waals surface area contributed by atoms with Gasteiger partial charge in [-0.2, -0.15) is 0 Å². The van der Waals surface area contributed by atoms with Gasteiger partial charge in [0, 0.05) is 17.7 Å². The summed E-state index contributed by atoms with van der Waals surface area (Å²) in [5.74, 6) is -3.28. The number of benzene rings is 3. The fraction of sp³-hybridized carbons (Fsp3) is 0.0769. The number of rotatable bonds is 7. The van der Waals surface area contributed by atoms with Crippen molar-refractivity contribution in [3.05, 3.63) is 102 Å². The summed E-state index contributed by atoms with van der Waals surface area (Å²) in [4.78, 5) is 22.9. The number of carboxylic acids is 1. The Morgan fingerprint density at radius 3 is 2.30 bits per heavy atom. The third-order valence-corrected chi connectivity index (χ3v) is 7.54. The normalized spacial score (nSPS) is 17.4. The van der Waals surface area contributed by atoms with E-state index in [4.69, 9.17) is 11.6 Å². The summed E-state index contributed by atoms with van der Waals surface area (Å²) >= 11 is 6.48. The Balaban J connectivity index is 1.60. The summed E-state index contributed by atoms with van der Waals surface area (Å²) < 4.78 is 40.6. The summed E-state index contributed by atoms with van der Waals surface area (Å²) in [6.45, 7) is 0. The average Bonchev–Trinajstić information content (AvgIpc) is 2.86. The highest BCUT2D eigenvalue weighted by Crippen LogP contribution is 2.40. The lowest BCUT2D eigenvalue weighted by Crippen LogP contribution is -2.41. The van der Waals surface area contributed by atoms with Crippen LogP contribution in [0.5, 0.6) is 5.75 Å². The van der Waals surface area contributed by atoms with Gasteiger partial charge < -0.3 is 15.5 Å². The molecule has 190 valence electrons. The SMILES string of the molecule is O=C(Nc1ccc(O)c(NS(=O)(=O)c2ccc(F)cc2)c1)C1=CC=C(c2ccccc2)CC1(Cl)C(=O)O. The van der Waals surface area contributed by atoms with Crippen molar-refractivity contribution in [3.8, 4) is 5.75 Å². The number of sulfonamides is 1. The Morgan fingerprint density at radius 1 is 0.973 bits per heavy atom. The summed E-state index contributed by atoms with van der Waals surface area (Å²) in [5, 5.41) is 22.5. The predicted octanol–water partition coefficient (Wildman–Crippen LogP) is 4.75. The molecule has 0 saturated carbocycles. The number of hydrogen-bond acceptors (Lipinski definition) is 5. The van der Waals surface area contributed by atoms with Gasteiger partial charge in [-0.25, -0.2) is 17.6 Å². The van der Waals surface area contributed by atoms with Gasteiger partial charge in [0.2, 0.25) is 0 Å². The largest absolute Gasteiger partial charge is 0.506 e. The molecule has 0 spiro atoms. The van der Waals surface area contributed by atoms with E-state index in [1.54, 1.807) is 30.3 Å². The summed E-state index contributed by atoms with van der Waals surface area (Å²) in [5.41, 5.74) is 0.977. The molecule has 0 radical (unpaired) electrons. The Bertz CT molecular complexity index is 1540. The zero-order valence-electron chi connectivity index (χ0n) is 19.0. The molecule has 0 saturated heterocycles. The number of hydrogen-bond donors (Lipinski definition) is 4. The second-order valence-electron chi connectivity index (χ2n) is 8.17. The zero-order chi connectivity index (χ0) is 26.8. The molecule has 1 aliphatic rings. The first-order valence-electron chi connectivity index (χ1n) is 10.8. The maximum Gasteiger partial charge on any atom is 0.329 e. The minimum atomic E-state index is -4.19. The lowest BCUT2D eigenvalue weighted by Gasteiger charge is -2.29. The fourth-order valence-electron chi connectivity index (χ4n) is 3.74. The van der Waals surface area contributed by atoms with Crippen molar-refractivity contribution < 1.29 is 32.6 Å². The van der Waals surface area contributed by atoms with Crippen LogP contribution in [0.15, 0.2) is 95.4 Å². The number of alkyl halides is 1. The van der Waals surface area contributed by atoms with Crippen molar-refractivity contribution in [1.82, 2.24) is 0 Å². The van der Waals surface area contributed by atoms with Crippen LogP contribution < -0.4 is 10.0 Å². The van der Waals surface area contributed by atoms with Crippen molar-refractivity contribution in [1.29, 1.82) is 0 Å². The molecule has 37 heavy (non-hydrogen) atoms. The number of amides is 1. The molecule has 0 bridgehead atoms. The van der Waals surface area contributed by atoms with Gasteiger partial charge in [-0.3, -0.25) is 9.52 Å². The van der Waals surface area contributed by atoms with E-state index in [1.807, 2.05) is 6.07 Å². The van der Waals surface area contributed by atoms with Crippen LogP contribution in [-0.2, 0) is 19.6 Å². The topological polar surface area (TPSA) is 133 Å². The third kappa shape index (κ3) is 5.50. The summed E-state index contributed by atoms with van der Waals surface area (Å²) in [7, 11) is -4.19. The Labute approximate surface area is 216 Å². The van der Waals surface area contributed by atoms with Crippen LogP contribution in [0.2, 0.25) is 0 Å². The molecule has 3 aromatic rings. The van der Waals surface area contributed by atoms with E-state index in [0.717, 1.165) is 42.0 Å². The second kappa shape index (κ2) is 10.1. The quantitative estimate of drug-likeness (QED) is 0.193. The number of allylic oxidation sites excluding steroid dienone is 3. The van der Waals surface area contributed by atoms with E-state index in [0.29, 0.717) is 5.57 Å². The number of carbonyl (C=O) groups is 2. The smallest absolute Gasteiger partial charge is 0.329 e. The molecule has 1 unspecified atom stereocenters. The number of carbonyl (C=O) groups excluding carboxylic acids is 1. The molecule has 11 heteroatoms. The first-order valence-corrected chi connectivity index (χ1v) is 12.7. The van der Waals surface area contributed by atoms with E-state index in [2.05, 4.69) is 10.0 Å². The van der Waals surface area contributed by atoms with Crippen molar-refractivity contribution in [2.75, 3.05) is 10.0 Å². The van der Waals surface area contributed by atoms with Gasteiger partial charge in [0.1, 0.15) is 11.6 Å². The maximum atomic E-state index is 13.2. The van der Waals surface area contributed by atoms with Crippen molar-refractivity contribution >= 4 is 50.4 Å². The minimum absolute atomic E-state index is 0.0581. The number of phenolic OH excluding ortho intramolecular Hbond substituents is 1. The molecule has 8 nitrogen and oxygen atoms in total. The van der Waals surface area contributed by atoms with Crippen molar-refractivity contribution in [2.45, 2.75) is 16.2 Å². The number of aliphatic carboxylic acids is 1. The van der Waals surface area contributed by atoms with Gasteiger partial charge >= 0.3 is 5.97 Å². The molecule has 1 amide bonds. The highest BCUT2D eigenvalue weighted by molar-refractivity contribution is 7.92. The third-order valence-electron chi connectivity index (χ3n) is 5.66. The predicted molar refractivity (Wildman–Crippen MR) is 137 cm³/mol. The molecule has 4 N–H and O–H groups in total. The van der Waals surface area contributed by atoms with Gasteiger partial charge in [-0.05, 0) is 53.6 Å². The number of aromatic hydroxyl groups is 1. The maximum absolute atomic E-state index is 13.2. The van der Waals surface area contributed by atoms with Gasteiger partial charge in [0.25, 0.3) is 15.9 Å². The molecule has 4 rings (SSSR count). The molecular formula is C26H20ClFN2O6S. The zero-order valence-corrected chi connectivity index (χ0v) is 20.6. The van der Waals surface area contributed by atoms with E-state index in [1.165, 1.54) is 12.1 Å². The van der Waals surface area contributed by atoms with Gasteiger partial charge in [-0.1, -0.05) is 42.5 Å². The van der Waals surface area contributed by atoms with Crippen molar-refractivity contribution in [2.24, 2.45) is 0 Å². The summed E-state index contributed by atoms with van der Waals surface area (Å²) in [6, 6.07) is 16.7. The van der Waals surface area contributed by atoms with Crippen LogP contribution in [0.1, 0.15) is 12.0 Å². The average molecular weight is 543 g/mol. The van der Waals surface area contributed by atoms with Gasteiger partial charge in [0.05, 0.1) is 10.6 Å². The minimum Gasteiger partial charge on any atom is -0.506 e. The molecular weight excluding hydrogens is 523 g/mol. The first kappa shape index (κ1) is 25.9. The molecule has 3 aromatic carbocycles. The number of carboxylic acid groups (broad SMARTS) is 1. The highest BCUT2D eigenvalue weighted by atomic mass is 35.5. The molecule has 1 aliphatic carbocycles. The molecule has 0 fully saturated rings. The lowest BCUT2D eigenvalue weighted by molar-refractivity contribution is -0.139. The van der Waals surface area contributed by atoms with E-state index >= 15 is 0 Å². The van der Waals surface area contributed by atoms with E-state index in [9.17, 15) is 32.6 Å². The van der Waals surface area contributed by atoms with Crippen LogP contribution in [0, 0.1) is 5.82 Å². The van der Waals surface area contributed by atoms with Crippen LogP contribution in [0.4, 0.5) is 15.8 Å². The second-order valence-corrected chi connectivity index (χ2v) is 10.5. The molecule has 0 aromatic heterocycles. The number of halogens is 2. The molecule has 0 heterocycles. The van der Waals surface area contributed by atoms with Gasteiger partial charge in [-0.15, -0.1) is 11.6 Å². The first-order chi connectivity index (χ1) is 17.5. The summed E-state index contributed by atoms with van der Waals surface area (Å²) in [6.07, 6.45) is 2.80. The number of anilines is 2. The van der Waals surface area contributed by atoms with E-state index in [-0.39, 0.29) is 28.3 Å².